The van der Waals surface area contributed by atoms with Crippen molar-refractivity contribution in [1.82, 2.24) is 15.1 Å². The molecule has 122 valence electrons. The molecule has 0 unspecified atom stereocenters. The van der Waals surface area contributed by atoms with Crippen LogP contribution in [0.15, 0.2) is 47.1 Å². The van der Waals surface area contributed by atoms with Crippen LogP contribution < -0.4 is 10.6 Å². The minimum Gasteiger partial charge on any atom is -0.355 e. The molecule has 1 aromatic carbocycles. The van der Waals surface area contributed by atoms with E-state index in [2.05, 4.69) is 20.0 Å². The summed E-state index contributed by atoms with van der Waals surface area (Å²) in [6.07, 6.45) is 2.78. The summed E-state index contributed by atoms with van der Waals surface area (Å²) in [6.45, 7) is 3.83. The number of nitrogens with two attached hydrogens (primary N) is 1. The van der Waals surface area contributed by atoms with Gasteiger partial charge in [0.1, 0.15) is 5.82 Å². The highest BCUT2D eigenvalue weighted by atomic mass is 16.5. The summed E-state index contributed by atoms with van der Waals surface area (Å²) in [5.41, 5.74) is 8.86. The van der Waals surface area contributed by atoms with E-state index in [0.29, 0.717) is 11.7 Å². The van der Waals surface area contributed by atoms with E-state index in [9.17, 15) is 0 Å². The first kappa shape index (κ1) is 14.8. The van der Waals surface area contributed by atoms with Gasteiger partial charge in [-0.15, -0.1) is 0 Å². The molecule has 1 fully saturated rings. The summed E-state index contributed by atoms with van der Waals surface area (Å²) in [5, 5.41) is 4.09. The Balaban J connectivity index is 1.58. The monoisotopic (exact) mass is 321 g/mol. The number of hydrogen-bond donors (Lipinski definition) is 1. The Kier molecular flexibility index (Phi) is 3.74. The van der Waals surface area contributed by atoms with E-state index >= 15 is 0 Å². The lowest BCUT2D eigenvalue weighted by molar-refractivity contribution is 0.432. The molecule has 6 nitrogen and oxygen atoms in total. The summed E-state index contributed by atoms with van der Waals surface area (Å²) in [4.78, 5) is 11.2. The molecule has 1 saturated heterocycles. The smallest absolute Gasteiger partial charge is 0.259 e. The Morgan fingerprint density at radius 1 is 1.21 bits per heavy atom. The SMILES string of the molecule is Cc1ccccc1-c1noc(-c2ccc(N3CC[C@@H](N)C3)nc2)n1. The van der Waals surface area contributed by atoms with Crippen molar-refractivity contribution in [2.75, 3.05) is 18.0 Å². The molecule has 1 atom stereocenters. The van der Waals surface area contributed by atoms with Crippen LogP contribution in [-0.4, -0.2) is 34.3 Å². The molecule has 0 bridgehead atoms. The Hall–Kier alpha value is -2.73. The standard InChI is InChI=1S/C18H19N5O/c1-12-4-2-3-5-15(12)17-21-18(24-22-17)13-6-7-16(20-10-13)23-9-8-14(19)11-23/h2-7,10,14H,8-9,11,19H2,1H3/t14-/m1/s1. The first-order valence-electron chi connectivity index (χ1n) is 8.07. The summed E-state index contributed by atoms with van der Waals surface area (Å²) in [7, 11) is 0. The number of nitrogens with zero attached hydrogens (tertiary/aromatic N) is 4. The number of rotatable bonds is 3. The van der Waals surface area contributed by atoms with Gasteiger partial charge in [-0.25, -0.2) is 4.98 Å². The predicted octanol–water partition coefficient (Wildman–Crippen LogP) is 2.64. The number of hydrogen-bond acceptors (Lipinski definition) is 6. The van der Waals surface area contributed by atoms with Crippen molar-refractivity contribution in [1.29, 1.82) is 0 Å². The van der Waals surface area contributed by atoms with Crippen molar-refractivity contribution >= 4 is 5.82 Å². The maximum Gasteiger partial charge on any atom is 0.259 e. The molecule has 0 spiro atoms. The minimum atomic E-state index is 0.235. The van der Waals surface area contributed by atoms with E-state index in [1.54, 1.807) is 6.20 Å². The highest BCUT2D eigenvalue weighted by Crippen LogP contribution is 2.25. The quantitative estimate of drug-likeness (QED) is 0.798. The lowest BCUT2D eigenvalue weighted by Gasteiger charge is -2.16. The second kappa shape index (κ2) is 6.05. The molecule has 4 rings (SSSR count). The third kappa shape index (κ3) is 2.76. The average molecular weight is 321 g/mol. The Bertz CT molecular complexity index is 843. The molecule has 2 N–H and O–H groups in total. The van der Waals surface area contributed by atoms with E-state index < -0.39 is 0 Å². The normalized spacial score (nSPS) is 17.4. The molecule has 2 aromatic heterocycles. The van der Waals surface area contributed by atoms with Crippen LogP contribution >= 0.6 is 0 Å². The summed E-state index contributed by atoms with van der Waals surface area (Å²) in [6, 6.07) is 12.2. The molecule has 6 heteroatoms. The number of pyridine rings is 1. The lowest BCUT2D eigenvalue weighted by Crippen LogP contribution is -2.26. The van der Waals surface area contributed by atoms with Crippen molar-refractivity contribution < 1.29 is 4.52 Å². The van der Waals surface area contributed by atoms with Crippen LogP contribution in [0.2, 0.25) is 0 Å². The molecule has 0 saturated carbocycles. The topological polar surface area (TPSA) is 81.1 Å². The highest BCUT2D eigenvalue weighted by Gasteiger charge is 2.20. The van der Waals surface area contributed by atoms with Gasteiger partial charge in [-0.05, 0) is 31.0 Å². The van der Waals surface area contributed by atoms with Gasteiger partial charge >= 0.3 is 0 Å². The van der Waals surface area contributed by atoms with E-state index in [1.165, 1.54) is 0 Å². The van der Waals surface area contributed by atoms with E-state index in [4.69, 9.17) is 10.3 Å². The van der Waals surface area contributed by atoms with Crippen LogP contribution in [0.4, 0.5) is 5.82 Å². The number of anilines is 1. The van der Waals surface area contributed by atoms with Crippen LogP contribution in [0.25, 0.3) is 22.8 Å². The third-order valence-corrected chi connectivity index (χ3v) is 4.36. The van der Waals surface area contributed by atoms with Gasteiger partial charge in [0.15, 0.2) is 0 Å². The van der Waals surface area contributed by atoms with E-state index in [1.807, 2.05) is 43.3 Å². The summed E-state index contributed by atoms with van der Waals surface area (Å²) in [5.74, 6) is 2.01. The number of aromatic nitrogens is 3. The van der Waals surface area contributed by atoms with Gasteiger partial charge in [-0.3, -0.25) is 0 Å². The maximum atomic E-state index is 5.95. The number of aryl methyl sites for hydroxylation is 1. The van der Waals surface area contributed by atoms with Crippen LogP contribution in [0.3, 0.4) is 0 Å². The molecule has 1 aliphatic heterocycles. The first-order chi connectivity index (χ1) is 11.7. The van der Waals surface area contributed by atoms with Crippen LogP contribution in [-0.2, 0) is 0 Å². The van der Waals surface area contributed by atoms with Crippen molar-refractivity contribution in [2.24, 2.45) is 5.73 Å². The molecular weight excluding hydrogens is 302 g/mol. The molecule has 0 amide bonds. The van der Waals surface area contributed by atoms with E-state index in [-0.39, 0.29) is 6.04 Å². The largest absolute Gasteiger partial charge is 0.355 e. The Morgan fingerprint density at radius 2 is 2.08 bits per heavy atom. The fraction of sp³-hybridized carbons (Fsp3) is 0.278. The third-order valence-electron chi connectivity index (χ3n) is 4.36. The predicted molar refractivity (Wildman–Crippen MR) is 92.5 cm³/mol. The van der Waals surface area contributed by atoms with Gasteiger partial charge in [0.2, 0.25) is 5.82 Å². The van der Waals surface area contributed by atoms with Crippen molar-refractivity contribution in [3.8, 4) is 22.8 Å². The van der Waals surface area contributed by atoms with Crippen molar-refractivity contribution in [3.05, 3.63) is 48.2 Å². The second-order valence-corrected chi connectivity index (χ2v) is 6.14. The maximum absolute atomic E-state index is 5.95. The van der Waals surface area contributed by atoms with Gasteiger partial charge in [0.25, 0.3) is 5.89 Å². The summed E-state index contributed by atoms with van der Waals surface area (Å²) >= 11 is 0. The molecule has 0 aliphatic carbocycles. The zero-order valence-electron chi connectivity index (χ0n) is 13.5. The van der Waals surface area contributed by atoms with Gasteiger partial charge in [-0.2, -0.15) is 4.98 Å². The minimum absolute atomic E-state index is 0.235. The average Bonchev–Trinajstić information content (AvgIpc) is 3.25. The van der Waals surface area contributed by atoms with Gasteiger partial charge in [0, 0.05) is 30.9 Å². The van der Waals surface area contributed by atoms with Gasteiger partial charge < -0.3 is 15.2 Å². The zero-order valence-corrected chi connectivity index (χ0v) is 13.5. The molecule has 3 aromatic rings. The zero-order chi connectivity index (χ0) is 16.5. The summed E-state index contributed by atoms with van der Waals surface area (Å²) < 4.78 is 5.41. The van der Waals surface area contributed by atoms with Crippen molar-refractivity contribution in [3.63, 3.8) is 0 Å². The second-order valence-electron chi connectivity index (χ2n) is 6.14. The van der Waals surface area contributed by atoms with E-state index in [0.717, 1.165) is 42.0 Å². The molecule has 3 heterocycles. The van der Waals surface area contributed by atoms with Crippen LogP contribution in [0.5, 0.6) is 0 Å². The molecule has 24 heavy (non-hydrogen) atoms. The van der Waals surface area contributed by atoms with Gasteiger partial charge in [-0.1, -0.05) is 29.4 Å². The first-order valence-corrected chi connectivity index (χ1v) is 8.07. The van der Waals surface area contributed by atoms with Crippen molar-refractivity contribution in [2.45, 2.75) is 19.4 Å². The molecular formula is C18H19N5O. The fourth-order valence-electron chi connectivity index (χ4n) is 2.97. The lowest BCUT2D eigenvalue weighted by atomic mass is 10.1. The van der Waals surface area contributed by atoms with Gasteiger partial charge in [0.05, 0.1) is 5.56 Å². The number of benzene rings is 1. The molecule has 1 aliphatic rings. The fourth-order valence-corrected chi connectivity index (χ4v) is 2.97. The Morgan fingerprint density at radius 3 is 2.79 bits per heavy atom. The Labute approximate surface area is 140 Å². The highest BCUT2D eigenvalue weighted by molar-refractivity contribution is 5.62. The van der Waals surface area contributed by atoms with Crippen LogP contribution in [0, 0.1) is 6.92 Å². The van der Waals surface area contributed by atoms with Crippen LogP contribution in [0.1, 0.15) is 12.0 Å². The molecule has 0 radical (unpaired) electrons.